The van der Waals surface area contributed by atoms with E-state index in [1.54, 1.807) is 67.9 Å². The summed E-state index contributed by atoms with van der Waals surface area (Å²) in [5, 5.41) is 11.5. The number of pyridine rings is 1. The van der Waals surface area contributed by atoms with Gasteiger partial charge in [0, 0.05) is 18.3 Å². The Bertz CT molecular complexity index is 1260. The highest BCUT2D eigenvalue weighted by Gasteiger charge is 2.47. The van der Waals surface area contributed by atoms with Gasteiger partial charge in [0.05, 0.1) is 30.0 Å². The predicted molar refractivity (Wildman–Crippen MR) is 128 cm³/mol. The molecule has 0 spiro atoms. The molecule has 2 aromatic carbocycles. The number of carbonyl (C=O) groups is 2. The smallest absolute Gasteiger partial charge is 0.296 e. The van der Waals surface area contributed by atoms with Crippen molar-refractivity contribution in [1.82, 2.24) is 9.88 Å². The predicted octanol–water partition coefficient (Wildman–Crippen LogP) is 4.76. The Labute approximate surface area is 202 Å². The second-order valence-electron chi connectivity index (χ2n) is 7.61. The van der Waals surface area contributed by atoms with E-state index in [4.69, 9.17) is 21.1 Å². The summed E-state index contributed by atoms with van der Waals surface area (Å²) in [6, 6.07) is 16.3. The molecule has 2 heterocycles. The molecule has 8 heteroatoms. The first kappa shape index (κ1) is 23.3. The molecule has 0 saturated carbocycles. The maximum atomic E-state index is 13.2. The van der Waals surface area contributed by atoms with Gasteiger partial charge in [-0.05, 0) is 55.0 Å². The van der Waals surface area contributed by atoms with Gasteiger partial charge in [-0.25, -0.2) is 0 Å². The summed E-state index contributed by atoms with van der Waals surface area (Å²) in [6.07, 6.45) is 1.57. The van der Waals surface area contributed by atoms with Crippen LogP contribution in [0.1, 0.15) is 29.8 Å². The Hall–Kier alpha value is -3.84. The number of ketones is 1. The summed E-state index contributed by atoms with van der Waals surface area (Å²) < 4.78 is 10.8. The number of nitrogens with zero attached hydrogens (tertiary/aromatic N) is 2. The number of rotatable bonds is 7. The number of likely N-dealkylation sites (tertiary alicyclic amines) is 1. The normalized spacial score (nSPS) is 17.1. The topological polar surface area (TPSA) is 89.0 Å². The van der Waals surface area contributed by atoms with Crippen molar-refractivity contribution in [2.75, 3.05) is 13.7 Å². The molecule has 7 nitrogen and oxygen atoms in total. The molecule has 0 aliphatic carbocycles. The van der Waals surface area contributed by atoms with Crippen molar-refractivity contribution in [3.63, 3.8) is 0 Å². The molecule has 1 aromatic heterocycles. The van der Waals surface area contributed by atoms with Crippen molar-refractivity contribution >= 4 is 29.1 Å². The molecule has 0 bridgehead atoms. The number of ether oxygens (including phenoxy) is 2. The maximum Gasteiger partial charge on any atom is 0.296 e. The van der Waals surface area contributed by atoms with Crippen LogP contribution in [0.3, 0.4) is 0 Å². The molecule has 1 N–H and O–H groups in total. The zero-order chi connectivity index (χ0) is 24.2. The van der Waals surface area contributed by atoms with Crippen LogP contribution >= 0.6 is 11.6 Å². The largest absolute Gasteiger partial charge is 0.507 e. The number of benzene rings is 2. The minimum Gasteiger partial charge on any atom is -0.507 e. The molecular weight excluding hydrogens is 456 g/mol. The molecule has 1 fully saturated rings. The van der Waals surface area contributed by atoms with E-state index >= 15 is 0 Å². The lowest BCUT2D eigenvalue weighted by Gasteiger charge is -2.24. The fourth-order valence-corrected chi connectivity index (χ4v) is 4.15. The van der Waals surface area contributed by atoms with Crippen molar-refractivity contribution in [3.8, 4) is 11.5 Å². The summed E-state index contributed by atoms with van der Waals surface area (Å²) in [6.45, 7) is 2.37. The summed E-state index contributed by atoms with van der Waals surface area (Å²) in [4.78, 5) is 32.1. The first-order chi connectivity index (χ1) is 16.4. The molecule has 1 aliphatic rings. The number of amides is 1. The Morgan fingerprint density at radius 3 is 2.62 bits per heavy atom. The molecule has 1 aliphatic heterocycles. The number of halogens is 1. The van der Waals surface area contributed by atoms with Crippen molar-refractivity contribution in [2.24, 2.45) is 0 Å². The molecule has 1 amide bonds. The van der Waals surface area contributed by atoms with E-state index in [0.29, 0.717) is 23.8 Å². The van der Waals surface area contributed by atoms with Crippen molar-refractivity contribution in [3.05, 3.63) is 94.3 Å². The van der Waals surface area contributed by atoms with Gasteiger partial charge in [-0.15, -0.1) is 0 Å². The summed E-state index contributed by atoms with van der Waals surface area (Å²) in [7, 11) is 1.55. The number of aromatic nitrogens is 1. The number of Topliss-reactive ketones (excluding diaryl/α,β-unsaturated/α-hetero) is 1. The Morgan fingerprint density at radius 1 is 1.09 bits per heavy atom. The van der Waals surface area contributed by atoms with Crippen LogP contribution in [0.2, 0.25) is 5.02 Å². The quantitative estimate of drug-likeness (QED) is 0.299. The average Bonchev–Trinajstić information content (AvgIpc) is 3.10. The minimum atomic E-state index is -0.904. The zero-order valence-electron chi connectivity index (χ0n) is 18.7. The first-order valence-corrected chi connectivity index (χ1v) is 11.1. The summed E-state index contributed by atoms with van der Waals surface area (Å²) in [5.41, 5.74) is 1.33. The highest BCUT2D eigenvalue weighted by atomic mass is 35.5. The number of carbonyl (C=O) groups excluding carboxylic acids is 2. The van der Waals surface area contributed by atoms with Gasteiger partial charge >= 0.3 is 0 Å². The second kappa shape index (κ2) is 9.97. The molecule has 34 heavy (non-hydrogen) atoms. The molecule has 174 valence electrons. The molecule has 1 saturated heterocycles. The molecule has 0 radical (unpaired) electrons. The van der Waals surface area contributed by atoms with Crippen molar-refractivity contribution < 1.29 is 24.2 Å². The van der Waals surface area contributed by atoms with Gasteiger partial charge in [0.1, 0.15) is 23.3 Å². The van der Waals surface area contributed by atoms with E-state index in [0.717, 1.165) is 5.56 Å². The molecular formula is C26H23ClN2O5. The van der Waals surface area contributed by atoms with Gasteiger partial charge in [-0.1, -0.05) is 29.8 Å². The molecule has 1 atom stereocenters. The van der Waals surface area contributed by atoms with Gasteiger partial charge < -0.3 is 19.5 Å². The number of hydrogen-bond donors (Lipinski definition) is 1. The SMILES string of the molecule is CCOc1ccc(Cl)c(/C(O)=C2\C(=O)C(=O)N(Cc3cccc(OC)c3)C2c2ccccn2)c1. The van der Waals surface area contributed by atoms with Crippen LogP contribution in [0.4, 0.5) is 0 Å². The minimum absolute atomic E-state index is 0.0813. The van der Waals surface area contributed by atoms with Gasteiger partial charge in [0.2, 0.25) is 0 Å². The van der Waals surface area contributed by atoms with Gasteiger partial charge in [0.15, 0.2) is 0 Å². The van der Waals surface area contributed by atoms with Crippen LogP contribution in [0.5, 0.6) is 11.5 Å². The fourth-order valence-electron chi connectivity index (χ4n) is 3.94. The lowest BCUT2D eigenvalue weighted by atomic mass is 9.98. The van der Waals surface area contributed by atoms with Gasteiger partial charge in [0.25, 0.3) is 11.7 Å². The van der Waals surface area contributed by atoms with Crippen LogP contribution in [0.15, 0.2) is 72.4 Å². The van der Waals surface area contributed by atoms with Crippen LogP contribution < -0.4 is 9.47 Å². The number of aliphatic hydroxyl groups excluding tert-OH is 1. The summed E-state index contributed by atoms with van der Waals surface area (Å²) >= 11 is 6.36. The molecule has 4 rings (SSSR count). The van der Waals surface area contributed by atoms with Crippen LogP contribution in [-0.2, 0) is 16.1 Å². The molecule has 1 unspecified atom stereocenters. The van der Waals surface area contributed by atoms with E-state index in [2.05, 4.69) is 4.98 Å². The average molecular weight is 479 g/mol. The zero-order valence-corrected chi connectivity index (χ0v) is 19.5. The third-order valence-electron chi connectivity index (χ3n) is 5.50. The first-order valence-electron chi connectivity index (χ1n) is 10.7. The monoisotopic (exact) mass is 478 g/mol. The Morgan fingerprint density at radius 2 is 1.91 bits per heavy atom. The van der Waals surface area contributed by atoms with E-state index in [1.165, 1.54) is 4.90 Å². The van der Waals surface area contributed by atoms with Crippen LogP contribution in [0, 0.1) is 0 Å². The maximum absolute atomic E-state index is 13.2. The fraction of sp³-hybridized carbons (Fsp3) is 0.192. The highest BCUT2D eigenvalue weighted by Crippen LogP contribution is 2.41. The number of methoxy groups -OCH3 is 1. The summed E-state index contributed by atoms with van der Waals surface area (Å²) in [5.74, 6) is -0.823. The number of hydrogen-bond acceptors (Lipinski definition) is 6. The third-order valence-corrected chi connectivity index (χ3v) is 5.83. The lowest BCUT2D eigenvalue weighted by molar-refractivity contribution is -0.140. The molecule has 3 aromatic rings. The van der Waals surface area contributed by atoms with E-state index < -0.39 is 17.7 Å². The second-order valence-corrected chi connectivity index (χ2v) is 8.01. The standard InChI is InChI=1S/C26H23ClN2O5/c1-3-34-18-10-11-20(27)19(14-18)24(30)22-23(21-9-4-5-12-28-21)29(26(32)25(22)31)15-16-7-6-8-17(13-16)33-2/h4-14,23,30H,3,15H2,1-2H3/b24-22+. The van der Waals surface area contributed by atoms with E-state index in [-0.39, 0.29) is 28.5 Å². The van der Waals surface area contributed by atoms with Crippen molar-refractivity contribution in [2.45, 2.75) is 19.5 Å². The highest BCUT2D eigenvalue weighted by molar-refractivity contribution is 6.46. The van der Waals surface area contributed by atoms with E-state index in [1.807, 2.05) is 13.0 Å². The van der Waals surface area contributed by atoms with Crippen LogP contribution in [-0.4, -0.2) is 40.4 Å². The van der Waals surface area contributed by atoms with Crippen molar-refractivity contribution in [1.29, 1.82) is 0 Å². The Kier molecular flexibility index (Phi) is 6.84. The van der Waals surface area contributed by atoms with Gasteiger partial charge in [-0.3, -0.25) is 14.6 Å². The third kappa shape index (κ3) is 4.47. The Balaban J connectivity index is 1.85. The lowest BCUT2D eigenvalue weighted by Crippen LogP contribution is -2.29. The number of aliphatic hydroxyl groups is 1. The van der Waals surface area contributed by atoms with Crippen LogP contribution in [0.25, 0.3) is 5.76 Å². The van der Waals surface area contributed by atoms with E-state index in [9.17, 15) is 14.7 Å². The van der Waals surface area contributed by atoms with Gasteiger partial charge in [-0.2, -0.15) is 0 Å².